The van der Waals surface area contributed by atoms with E-state index < -0.39 is 5.60 Å². The van der Waals surface area contributed by atoms with Crippen molar-refractivity contribution in [2.45, 2.75) is 45.1 Å². The van der Waals surface area contributed by atoms with Crippen LogP contribution in [0.15, 0.2) is 39.2 Å². The first kappa shape index (κ1) is 20.6. The summed E-state index contributed by atoms with van der Waals surface area (Å²) < 4.78 is 11.2. The first-order valence-corrected chi connectivity index (χ1v) is 10.4. The fraction of sp³-hybridized carbons (Fsp3) is 0.409. The number of aromatic nitrogens is 2. The number of carbonyl (C=O) groups excluding carboxylic acids is 1. The second-order valence-corrected chi connectivity index (χ2v) is 8.18. The van der Waals surface area contributed by atoms with Gasteiger partial charge in [0.2, 0.25) is 11.8 Å². The Kier molecular flexibility index (Phi) is 5.66. The molecule has 0 aliphatic carbocycles. The number of piperidine rings is 1. The summed E-state index contributed by atoms with van der Waals surface area (Å²) in [7, 11) is 0. The van der Waals surface area contributed by atoms with Crippen molar-refractivity contribution >= 4 is 17.5 Å². The highest BCUT2D eigenvalue weighted by atomic mass is 35.5. The predicted octanol–water partition coefficient (Wildman–Crippen LogP) is 4.04. The molecule has 0 bridgehead atoms. The number of hydrogen-bond donors (Lipinski definition) is 1. The van der Waals surface area contributed by atoms with E-state index in [1.807, 2.05) is 32.0 Å². The van der Waals surface area contributed by atoms with Gasteiger partial charge in [-0.3, -0.25) is 4.79 Å². The lowest BCUT2D eigenvalue weighted by Crippen LogP contribution is -2.45. The van der Waals surface area contributed by atoms with Crippen molar-refractivity contribution < 1.29 is 18.7 Å². The molecule has 0 atom stereocenters. The van der Waals surface area contributed by atoms with Gasteiger partial charge in [-0.25, -0.2) is 0 Å². The Bertz CT molecular complexity index is 1030. The summed E-state index contributed by atoms with van der Waals surface area (Å²) in [5.74, 6) is 2.34. The van der Waals surface area contributed by atoms with Crippen LogP contribution in [0.25, 0.3) is 11.5 Å². The zero-order chi connectivity index (χ0) is 21.3. The smallest absolute Gasteiger partial charge is 0.251 e. The Hall–Kier alpha value is -2.64. The molecular formula is C22H24ClN3O4. The van der Waals surface area contributed by atoms with E-state index in [0.29, 0.717) is 49.2 Å². The van der Waals surface area contributed by atoms with Crippen LogP contribution in [0.5, 0.6) is 0 Å². The van der Waals surface area contributed by atoms with Crippen LogP contribution in [0.3, 0.4) is 0 Å². The highest BCUT2D eigenvalue weighted by Gasteiger charge is 2.35. The van der Waals surface area contributed by atoms with E-state index in [0.717, 1.165) is 22.6 Å². The van der Waals surface area contributed by atoms with Gasteiger partial charge in [0.25, 0.3) is 5.89 Å². The van der Waals surface area contributed by atoms with Gasteiger partial charge in [0.05, 0.1) is 11.2 Å². The third-order valence-corrected chi connectivity index (χ3v) is 5.87. The van der Waals surface area contributed by atoms with E-state index in [2.05, 4.69) is 10.2 Å². The average molecular weight is 430 g/mol. The number of rotatable bonds is 5. The molecule has 1 N–H and O–H groups in total. The molecule has 7 nitrogen and oxygen atoms in total. The molecule has 0 spiro atoms. The molecule has 1 aliphatic rings. The Morgan fingerprint density at radius 3 is 2.50 bits per heavy atom. The number of aryl methyl sites for hydroxylation is 3. The van der Waals surface area contributed by atoms with E-state index >= 15 is 0 Å². The monoisotopic (exact) mass is 429 g/mol. The second kappa shape index (κ2) is 8.24. The van der Waals surface area contributed by atoms with E-state index in [4.69, 9.17) is 20.4 Å². The maximum absolute atomic E-state index is 12.6. The number of carbonyl (C=O) groups is 1. The maximum atomic E-state index is 12.6. The summed E-state index contributed by atoms with van der Waals surface area (Å²) in [6.07, 6.45) is 1.64. The lowest BCUT2D eigenvalue weighted by molar-refractivity contribution is -0.135. The van der Waals surface area contributed by atoms with Crippen molar-refractivity contribution in [2.75, 3.05) is 13.1 Å². The van der Waals surface area contributed by atoms with Crippen LogP contribution in [0.4, 0.5) is 0 Å². The van der Waals surface area contributed by atoms with E-state index in [1.54, 1.807) is 17.0 Å². The topological polar surface area (TPSA) is 92.6 Å². The molecule has 30 heavy (non-hydrogen) atoms. The Labute approximate surface area is 179 Å². The molecular weight excluding hydrogens is 406 g/mol. The molecule has 2 aromatic heterocycles. The van der Waals surface area contributed by atoms with Gasteiger partial charge in [-0.15, -0.1) is 10.2 Å². The molecule has 1 aliphatic heterocycles. The van der Waals surface area contributed by atoms with Gasteiger partial charge in [0.1, 0.15) is 11.5 Å². The van der Waals surface area contributed by atoms with Gasteiger partial charge in [-0.2, -0.15) is 0 Å². The van der Waals surface area contributed by atoms with Crippen molar-refractivity contribution in [2.24, 2.45) is 0 Å². The molecule has 1 saturated heterocycles. The number of likely N-dealkylation sites (tertiary alicyclic amines) is 1. The molecule has 0 unspecified atom stereocenters. The van der Waals surface area contributed by atoms with Gasteiger partial charge >= 0.3 is 0 Å². The molecule has 8 heteroatoms. The standard InChI is InChI=1S/C22H24ClN3O4/c1-14-13-18(15(2)29-14)21-25-24-19(30-21)7-8-20(27)26-11-9-22(28,10-12-26)16-3-5-17(23)6-4-16/h3-6,13,28H,7-12H2,1-2H3. The summed E-state index contributed by atoms with van der Waals surface area (Å²) in [5, 5.41) is 19.7. The van der Waals surface area contributed by atoms with Gasteiger partial charge < -0.3 is 18.8 Å². The van der Waals surface area contributed by atoms with Crippen molar-refractivity contribution in [1.82, 2.24) is 15.1 Å². The Morgan fingerprint density at radius 2 is 1.87 bits per heavy atom. The SMILES string of the molecule is Cc1cc(-c2nnc(CCC(=O)N3CCC(O)(c4ccc(Cl)cc4)CC3)o2)c(C)o1. The maximum Gasteiger partial charge on any atom is 0.251 e. The summed E-state index contributed by atoms with van der Waals surface area (Å²) in [6, 6.07) is 9.09. The number of hydrogen-bond acceptors (Lipinski definition) is 6. The lowest BCUT2D eigenvalue weighted by Gasteiger charge is -2.38. The van der Waals surface area contributed by atoms with Crippen molar-refractivity contribution in [3.8, 4) is 11.5 Å². The van der Waals surface area contributed by atoms with Gasteiger partial charge in [-0.1, -0.05) is 23.7 Å². The van der Waals surface area contributed by atoms with Crippen LogP contribution in [0, 0.1) is 13.8 Å². The van der Waals surface area contributed by atoms with E-state index in [9.17, 15) is 9.90 Å². The highest BCUT2D eigenvalue weighted by molar-refractivity contribution is 6.30. The number of furan rings is 1. The third kappa shape index (κ3) is 4.27. The molecule has 3 heterocycles. The summed E-state index contributed by atoms with van der Waals surface area (Å²) >= 11 is 5.93. The number of aliphatic hydroxyl groups is 1. The zero-order valence-electron chi connectivity index (χ0n) is 17.0. The normalized spacial score (nSPS) is 16.1. The van der Waals surface area contributed by atoms with Crippen LogP contribution in [0.1, 0.15) is 42.2 Å². The van der Waals surface area contributed by atoms with Crippen LogP contribution in [-0.4, -0.2) is 39.2 Å². The first-order valence-electron chi connectivity index (χ1n) is 10.00. The minimum absolute atomic E-state index is 0.0169. The van der Waals surface area contributed by atoms with Crippen LogP contribution < -0.4 is 0 Å². The number of benzene rings is 1. The van der Waals surface area contributed by atoms with Crippen molar-refractivity contribution in [3.63, 3.8) is 0 Å². The summed E-state index contributed by atoms with van der Waals surface area (Å²) in [4.78, 5) is 14.4. The lowest BCUT2D eigenvalue weighted by atomic mass is 9.84. The average Bonchev–Trinajstić information content (AvgIpc) is 3.32. The molecule has 1 amide bonds. The largest absolute Gasteiger partial charge is 0.466 e. The summed E-state index contributed by atoms with van der Waals surface area (Å²) in [6.45, 7) is 4.71. The Morgan fingerprint density at radius 1 is 1.17 bits per heavy atom. The minimum atomic E-state index is -0.927. The van der Waals surface area contributed by atoms with Gasteiger partial charge in [0, 0.05) is 31.0 Å². The van der Waals surface area contributed by atoms with E-state index in [-0.39, 0.29) is 12.3 Å². The number of nitrogens with zero attached hydrogens (tertiary/aromatic N) is 3. The fourth-order valence-electron chi connectivity index (χ4n) is 3.85. The molecule has 1 aromatic carbocycles. The second-order valence-electron chi connectivity index (χ2n) is 7.75. The molecule has 158 valence electrons. The third-order valence-electron chi connectivity index (χ3n) is 5.62. The molecule has 4 rings (SSSR count). The predicted molar refractivity (Wildman–Crippen MR) is 111 cm³/mol. The molecule has 1 fully saturated rings. The van der Waals surface area contributed by atoms with Crippen LogP contribution in [-0.2, 0) is 16.8 Å². The fourth-order valence-corrected chi connectivity index (χ4v) is 3.98. The highest BCUT2D eigenvalue weighted by Crippen LogP contribution is 2.33. The van der Waals surface area contributed by atoms with Gasteiger partial charge in [-0.05, 0) is 50.5 Å². The summed E-state index contributed by atoms with van der Waals surface area (Å²) in [5.41, 5.74) is 0.681. The first-order chi connectivity index (χ1) is 14.3. The van der Waals surface area contributed by atoms with Crippen LogP contribution >= 0.6 is 11.6 Å². The minimum Gasteiger partial charge on any atom is -0.466 e. The molecule has 3 aromatic rings. The Balaban J connectivity index is 1.31. The molecule has 0 saturated carbocycles. The number of amides is 1. The van der Waals surface area contributed by atoms with Gasteiger partial charge in [0.15, 0.2) is 0 Å². The quantitative estimate of drug-likeness (QED) is 0.657. The molecule has 0 radical (unpaired) electrons. The van der Waals surface area contributed by atoms with Crippen molar-refractivity contribution in [1.29, 1.82) is 0 Å². The number of halogens is 1. The van der Waals surface area contributed by atoms with Crippen molar-refractivity contribution in [3.05, 3.63) is 58.3 Å². The van der Waals surface area contributed by atoms with E-state index in [1.165, 1.54) is 0 Å². The zero-order valence-corrected chi connectivity index (χ0v) is 17.8. The van der Waals surface area contributed by atoms with Crippen LogP contribution in [0.2, 0.25) is 5.02 Å².